The van der Waals surface area contributed by atoms with Crippen molar-refractivity contribution in [2.75, 3.05) is 13.2 Å². The molecule has 0 aromatic heterocycles. The number of rotatable bonds is 11. The molecule has 22 heavy (non-hydrogen) atoms. The molecule has 0 amide bonds. The third-order valence-electron chi connectivity index (χ3n) is 2.55. The van der Waals surface area contributed by atoms with Gasteiger partial charge in [-0.15, -0.1) is 0 Å². The number of phosphoric ester groups is 1. The lowest BCUT2D eigenvalue weighted by molar-refractivity contribution is -0.112. The lowest BCUT2D eigenvalue weighted by Crippen LogP contribution is -2.13. The van der Waals surface area contributed by atoms with Gasteiger partial charge >= 0.3 is 14.0 Å². The molecule has 0 saturated carbocycles. The van der Waals surface area contributed by atoms with Gasteiger partial charge in [0.1, 0.15) is 5.76 Å². The van der Waals surface area contributed by atoms with E-state index in [1.807, 2.05) is 6.92 Å². The fourth-order valence-electron chi connectivity index (χ4n) is 1.61. The Balaban J connectivity index is 5.18. The van der Waals surface area contributed by atoms with Gasteiger partial charge in [-0.1, -0.05) is 26.2 Å². The molecule has 0 aliphatic heterocycles. The van der Waals surface area contributed by atoms with Crippen LogP contribution in [0, 0.1) is 0 Å². The number of allylic oxidation sites excluding steroid dienone is 2. The minimum Gasteiger partial charge on any atom is -0.405 e. The second-order valence-electron chi connectivity index (χ2n) is 4.42. The minimum atomic E-state index is -5.21. The molecule has 0 spiro atoms. The second-order valence-corrected chi connectivity index (χ2v) is 6.01. The third-order valence-corrected chi connectivity index (χ3v) is 4.14. The molecule has 0 N–H and O–H groups in total. The quantitative estimate of drug-likeness (QED) is 0.201. The summed E-state index contributed by atoms with van der Waals surface area (Å²) in [4.78, 5) is 0. The smallest absolute Gasteiger partial charge is 0.405 e. The lowest BCUT2D eigenvalue weighted by atomic mass is 10.1. The summed E-state index contributed by atoms with van der Waals surface area (Å²) >= 11 is 0. The van der Waals surface area contributed by atoms with Gasteiger partial charge in [0.15, 0.2) is 0 Å². The van der Waals surface area contributed by atoms with Crippen LogP contribution in [0.3, 0.4) is 0 Å². The molecule has 0 aliphatic carbocycles. The van der Waals surface area contributed by atoms with Crippen LogP contribution in [0.1, 0.15) is 52.9 Å². The third kappa shape index (κ3) is 8.15. The summed E-state index contributed by atoms with van der Waals surface area (Å²) in [5, 5.41) is 0. The zero-order chi connectivity index (χ0) is 17.2. The van der Waals surface area contributed by atoms with Crippen molar-refractivity contribution in [3.05, 3.63) is 11.6 Å². The molecule has 0 aliphatic rings. The van der Waals surface area contributed by atoms with Crippen LogP contribution in [0.15, 0.2) is 11.6 Å². The Kier molecular flexibility index (Phi) is 9.96. The summed E-state index contributed by atoms with van der Waals surface area (Å²) in [6.07, 6.45) is -2.96. The van der Waals surface area contributed by atoms with Crippen molar-refractivity contribution >= 4 is 7.82 Å². The Hall–Kier alpha value is -0.590. The van der Waals surface area contributed by atoms with Crippen molar-refractivity contribution in [1.29, 1.82) is 0 Å². The maximum Gasteiger partial charge on any atom is 0.529 e. The van der Waals surface area contributed by atoms with Crippen LogP contribution in [0.2, 0.25) is 0 Å². The maximum atomic E-state index is 13.5. The zero-order valence-corrected chi connectivity index (χ0v) is 13.9. The van der Waals surface area contributed by atoms with Crippen LogP contribution in [-0.4, -0.2) is 19.4 Å². The van der Waals surface area contributed by atoms with E-state index in [4.69, 9.17) is 9.05 Å². The molecule has 0 unspecified atom stereocenters. The molecule has 0 atom stereocenters. The van der Waals surface area contributed by atoms with E-state index in [1.54, 1.807) is 0 Å². The predicted molar refractivity (Wildman–Crippen MR) is 74.9 cm³/mol. The van der Waals surface area contributed by atoms with Crippen LogP contribution in [-0.2, 0) is 18.1 Å². The van der Waals surface area contributed by atoms with E-state index in [1.165, 1.54) is 13.8 Å². The first-order chi connectivity index (χ1) is 10.2. The molecule has 0 fully saturated rings. The summed E-state index contributed by atoms with van der Waals surface area (Å²) in [5.41, 5.74) is 0. The van der Waals surface area contributed by atoms with Crippen molar-refractivity contribution in [2.24, 2.45) is 0 Å². The molecule has 0 aromatic carbocycles. The Bertz CT molecular complexity index is 386. The molecular formula is C13H23F4O4P. The first kappa shape index (κ1) is 21.4. The number of hydrogen-bond acceptors (Lipinski definition) is 4. The zero-order valence-electron chi connectivity index (χ0n) is 13.0. The highest BCUT2D eigenvalue weighted by atomic mass is 31.2. The average Bonchev–Trinajstić information content (AvgIpc) is 2.41. The largest absolute Gasteiger partial charge is 0.529 e. The van der Waals surface area contributed by atoms with Crippen LogP contribution in [0.25, 0.3) is 0 Å². The Morgan fingerprint density at radius 2 is 1.55 bits per heavy atom. The second kappa shape index (κ2) is 10.2. The molecule has 0 bridgehead atoms. The van der Waals surface area contributed by atoms with Gasteiger partial charge in [-0.2, -0.15) is 17.6 Å². The SMILES string of the molecule is CCCCCCC(OP(=O)(OCC)OCC)=C(F)C(F)(F)F. The van der Waals surface area contributed by atoms with E-state index in [0.29, 0.717) is 6.42 Å². The number of alkyl halides is 3. The van der Waals surface area contributed by atoms with E-state index in [-0.39, 0.29) is 26.1 Å². The fourth-order valence-corrected chi connectivity index (χ4v) is 2.86. The van der Waals surface area contributed by atoms with Gasteiger partial charge < -0.3 is 4.52 Å². The Morgan fingerprint density at radius 3 is 1.95 bits per heavy atom. The fraction of sp³-hybridized carbons (Fsp3) is 0.846. The van der Waals surface area contributed by atoms with Gasteiger partial charge in [-0.05, 0) is 20.3 Å². The lowest BCUT2D eigenvalue weighted by Gasteiger charge is -2.20. The summed E-state index contributed by atoms with van der Waals surface area (Å²) < 4.78 is 77.4. The van der Waals surface area contributed by atoms with E-state index in [0.717, 1.165) is 12.8 Å². The highest BCUT2D eigenvalue weighted by Gasteiger charge is 2.41. The number of halogens is 4. The van der Waals surface area contributed by atoms with Crippen molar-refractivity contribution < 1.29 is 35.7 Å². The summed E-state index contributed by atoms with van der Waals surface area (Å²) in [6, 6.07) is 0. The average molecular weight is 350 g/mol. The highest BCUT2D eigenvalue weighted by Crippen LogP contribution is 2.53. The van der Waals surface area contributed by atoms with Crippen molar-refractivity contribution in [1.82, 2.24) is 0 Å². The van der Waals surface area contributed by atoms with Crippen LogP contribution >= 0.6 is 7.82 Å². The van der Waals surface area contributed by atoms with Crippen molar-refractivity contribution in [3.63, 3.8) is 0 Å². The van der Waals surface area contributed by atoms with Crippen LogP contribution in [0.5, 0.6) is 0 Å². The van der Waals surface area contributed by atoms with Gasteiger partial charge in [0.25, 0.3) is 0 Å². The van der Waals surface area contributed by atoms with Crippen LogP contribution < -0.4 is 0 Å². The van der Waals surface area contributed by atoms with E-state index < -0.39 is 25.6 Å². The van der Waals surface area contributed by atoms with Crippen molar-refractivity contribution in [3.8, 4) is 0 Å². The first-order valence-corrected chi connectivity index (χ1v) is 8.70. The first-order valence-electron chi connectivity index (χ1n) is 7.24. The highest BCUT2D eigenvalue weighted by molar-refractivity contribution is 7.48. The molecule has 4 nitrogen and oxygen atoms in total. The van der Waals surface area contributed by atoms with Crippen molar-refractivity contribution in [2.45, 2.75) is 59.1 Å². The number of unbranched alkanes of at least 4 members (excludes halogenated alkanes) is 3. The summed E-state index contributed by atoms with van der Waals surface area (Å²) in [7, 11) is -4.25. The molecule has 0 saturated heterocycles. The van der Waals surface area contributed by atoms with Crippen LogP contribution in [0.4, 0.5) is 17.6 Å². The predicted octanol–water partition coefficient (Wildman–Crippen LogP) is 5.90. The molecule has 9 heteroatoms. The monoisotopic (exact) mass is 350 g/mol. The van der Waals surface area contributed by atoms with E-state index in [9.17, 15) is 22.1 Å². The van der Waals surface area contributed by atoms with Gasteiger partial charge in [-0.3, -0.25) is 9.05 Å². The molecule has 0 heterocycles. The van der Waals surface area contributed by atoms with E-state index in [2.05, 4.69) is 4.52 Å². The Morgan fingerprint density at radius 1 is 1.00 bits per heavy atom. The summed E-state index contributed by atoms with van der Waals surface area (Å²) in [5.74, 6) is -3.43. The normalized spacial score (nSPS) is 14.0. The number of phosphoric acid groups is 1. The van der Waals surface area contributed by atoms with Gasteiger partial charge in [0.05, 0.1) is 13.2 Å². The molecule has 0 rings (SSSR count). The molecule has 0 aromatic rings. The maximum absolute atomic E-state index is 13.5. The number of hydrogen-bond donors (Lipinski definition) is 0. The molecule has 132 valence electrons. The molecular weight excluding hydrogens is 327 g/mol. The topological polar surface area (TPSA) is 44.8 Å². The summed E-state index contributed by atoms with van der Waals surface area (Å²) in [6.45, 7) is 4.67. The minimum absolute atomic E-state index is 0.103. The van der Waals surface area contributed by atoms with Gasteiger partial charge in [0.2, 0.25) is 5.83 Å². The molecule has 0 radical (unpaired) electrons. The standard InChI is InChI=1S/C13H23F4O4P/c1-4-7-8-9-10-11(12(14)13(15,16)17)21-22(18,19-5-2)20-6-3/h4-10H2,1-3H3. The van der Waals surface area contributed by atoms with Gasteiger partial charge in [-0.25, -0.2) is 4.57 Å². The van der Waals surface area contributed by atoms with E-state index >= 15 is 0 Å². The van der Waals surface area contributed by atoms with Gasteiger partial charge in [0, 0.05) is 6.42 Å². The Labute approximate surface area is 128 Å².